The number of amides is 3. The van der Waals surface area contributed by atoms with Gasteiger partial charge in [0.05, 0.1) is 5.56 Å². The van der Waals surface area contributed by atoms with Gasteiger partial charge in [0.25, 0.3) is 5.91 Å². The van der Waals surface area contributed by atoms with Crippen LogP contribution < -0.4 is 16.0 Å². The Labute approximate surface area is 128 Å². The third kappa shape index (κ3) is 4.41. The average Bonchev–Trinajstić information content (AvgIpc) is 2.50. The van der Waals surface area contributed by atoms with Crippen molar-refractivity contribution in [2.24, 2.45) is 0 Å². The number of nitrogens with zero attached hydrogens (tertiary/aromatic N) is 2. The minimum Gasteiger partial charge on any atom is -0.350 e. The van der Waals surface area contributed by atoms with Crippen molar-refractivity contribution < 1.29 is 9.59 Å². The van der Waals surface area contributed by atoms with Crippen LogP contribution in [0.25, 0.3) is 11.0 Å². The number of pyridine rings is 2. The first-order chi connectivity index (χ1) is 10.6. The third-order valence-electron chi connectivity index (χ3n) is 2.83. The number of aromatic nitrogens is 2. The second kappa shape index (κ2) is 7.35. The molecule has 3 N–H and O–H groups in total. The third-order valence-corrected chi connectivity index (χ3v) is 2.83. The predicted octanol–water partition coefficient (Wildman–Crippen LogP) is 1.07. The standard InChI is InChI=1S/C15H19N5O2/c1-10(2)20-15(22)18-7-6-17-14(21)12-8-11-4-3-5-16-13(11)19-9-12/h3-5,8-10H,6-7H2,1-2H3,(H,17,21)(H2,18,20,22). The Morgan fingerprint density at radius 2 is 1.95 bits per heavy atom. The Hall–Kier alpha value is -2.70. The minimum absolute atomic E-state index is 0.0758. The molecular formula is C15H19N5O2. The van der Waals surface area contributed by atoms with E-state index in [2.05, 4.69) is 25.9 Å². The van der Waals surface area contributed by atoms with E-state index in [1.54, 1.807) is 18.3 Å². The molecule has 0 aliphatic heterocycles. The van der Waals surface area contributed by atoms with Crippen LogP contribution in [0, 0.1) is 0 Å². The van der Waals surface area contributed by atoms with E-state index in [0.717, 1.165) is 5.39 Å². The van der Waals surface area contributed by atoms with Crippen molar-refractivity contribution in [2.45, 2.75) is 19.9 Å². The molecule has 0 spiro atoms. The van der Waals surface area contributed by atoms with Crippen molar-refractivity contribution in [2.75, 3.05) is 13.1 Å². The highest BCUT2D eigenvalue weighted by Gasteiger charge is 2.07. The van der Waals surface area contributed by atoms with E-state index in [1.807, 2.05) is 19.9 Å². The molecule has 0 saturated carbocycles. The van der Waals surface area contributed by atoms with Gasteiger partial charge in [0.1, 0.15) is 0 Å². The Morgan fingerprint density at radius 3 is 2.73 bits per heavy atom. The molecule has 0 aromatic carbocycles. The van der Waals surface area contributed by atoms with Crippen LogP contribution in [-0.4, -0.2) is 41.0 Å². The van der Waals surface area contributed by atoms with Crippen LogP contribution in [0.15, 0.2) is 30.6 Å². The van der Waals surface area contributed by atoms with E-state index >= 15 is 0 Å². The predicted molar refractivity (Wildman–Crippen MR) is 83.5 cm³/mol. The lowest BCUT2D eigenvalue weighted by Crippen LogP contribution is -2.42. The number of fused-ring (bicyclic) bond motifs is 1. The van der Waals surface area contributed by atoms with Gasteiger partial charge in [-0.25, -0.2) is 14.8 Å². The van der Waals surface area contributed by atoms with E-state index in [9.17, 15) is 9.59 Å². The molecule has 0 unspecified atom stereocenters. The van der Waals surface area contributed by atoms with Gasteiger partial charge in [-0.3, -0.25) is 4.79 Å². The Morgan fingerprint density at radius 1 is 1.18 bits per heavy atom. The van der Waals surface area contributed by atoms with Crippen molar-refractivity contribution in [1.82, 2.24) is 25.9 Å². The molecule has 0 bridgehead atoms. The highest BCUT2D eigenvalue weighted by atomic mass is 16.2. The van der Waals surface area contributed by atoms with Gasteiger partial charge < -0.3 is 16.0 Å². The first-order valence-corrected chi connectivity index (χ1v) is 7.09. The van der Waals surface area contributed by atoms with Crippen LogP contribution in [0.1, 0.15) is 24.2 Å². The summed E-state index contributed by atoms with van der Waals surface area (Å²) in [5, 5.41) is 8.90. The van der Waals surface area contributed by atoms with Crippen molar-refractivity contribution >= 4 is 23.0 Å². The molecule has 0 atom stereocenters. The normalized spacial score (nSPS) is 10.5. The summed E-state index contributed by atoms with van der Waals surface area (Å²) in [6.07, 6.45) is 3.15. The number of hydrogen-bond acceptors (Lipinski definition) is 4. The van der Waals surface area contributed by atoms with Crippen molar-refractivity contribution in [1.29, 1.82) is 0 Å². The fourth-order valence-electron chi connectivity index (χ4n) is 1.86. The smallest absolute Gasteiger partial charge is 0.315 e. The quantitative estimate of drug-likeness (QED) is 0.720. The lowest BCUT2D eigenvalue weighted by atomic mass is 10.2. The number of carbonyl (C=O) groups is 2. The molecule has 2 aromatic heterocycles. The molecule has 2 rings (SSSR count). The Bertz CT molecular complexity index is 672. The van der Waals surface area contributed by atoms with E-state index in [1.165, 1.54) is 6.20 Å². The maximum absolute atomic E-state index is 12.0. The summed E-state index contributed by atoms with van der Waals surface area (Å²) in [6.45, 7) is 4.45. The van der Waals surface area contributed by atoms with Crippen LogP contribution in [-0.2, 0) is 0 Å². The molecule has 7 heteroatoms. The van der Waals surface area contributed by atoms with Crippen LogP contribution in [0.4, 0.5) is 4.79 Å². The fourth-order valence-corrected chi connectivity index (χ4v) is 1.86. The maximum Gasteiger partial charge on any atom is 0.315 e. The summed E-state index contributed by atoms with van der Waals surface area (Å²) in [7, 11) is 0. The van der Waals surface area contributed by atoms with Gasteiger partial charge >= 0.3 is 6.03 Å². The summed E-state index contributed by atoms with van der Waals surface area (Å²) in [5.74, 6) is -0.232. The van der Waals surface area contributed by atoms with Gasteiger partial charge in [0.2, 0.25) is 0 Å². The molecule has 0 saturated heterocycles. The number of carbonyl (C=O) groups excluding carboxylic acids is 2. The molecule has 0 radical (unpaired) electrons. The zero-order chi connectivity index (χ0) is 15.9. The zero-order valence-electron chi connectivity index (χ0n) is 12.6. The monoisotopic (exact) mass is 301 g/mol. The van der Waals surface area contributed by atoms with E-state index in [4.69, 9.17) is 0 Å². The van der Waals surface area contributed by atoms with Gasteiger partial charge in [0.15, 0.2) is 5.65 Å². The fraction of sp³-hybridized carbons (Fsp3) is 0.333. The Balaban J connectivity index is 1.82. The topological polar surface area (TPSA) is 96.0 Å². The van der Waals surface area contributed by atoms with Crippen molar-refractivity contribution in [3.05, 3.63) is 36.2 Å². The van der Waals surface area contributed by atoms with Gasteiger partial charge in [0, 0.05) is 36.9 Å². The van der Waals surface area contributed by atoms with Crippen molar-refractivity contribution in [3.63, 3.8) is 0 Å². The molecule has 0 aliphatic carbocycles. The lowest BCUT2D eigenvalue weighted by molar-refractivity contribution is 0.0953. The van der Waals surface area contributed by atoms with E-state index < -0.39 is 0 Å². The van der Waals surface area contributed by atoms with Crippen LogP contribution in [0.5, 0.6) is 0 Å². The average molecular weight is 301 g/mol. The summed E-state index contributed by atoms with van der Waals surface area (Å²) in [4.78, 5) is 31.6. The highest BCUT2D eigenvalue weighted by molar-refractivity contribution is 5.96. The number of urea groups is 1. The van der Waals surface area contributed by atoms with Gasteiger partial charge in [-0.05, 0) is 32.0 Å². The summed E-state index contributed by atoms with van der Waals surface area (Å²) in [6, 6.07) is 5.21. The van der Waals surface area contributed by atoms with Gasteiger partial charge in [-0.15, -0.1) is 0 Å². The molecule has 22 heavy (non-hydrogen) atoms. The second-order valence-corrected chi connectivity index (χ2v) is 5.08. The van der Waals surface area contributed by atoms with E-state index in [0.29, 0.717) is 24.3 Å². The maximum atomic E-state index is 12.0. The largest absolute Gasteiger partial charge is 0.350 e. The van der Waals surface area contributed by atoms with Crippen LogP contribution in [0.3, 0.4) is 0 Å². The number of nitrogens with one attached hydrogen (secondary N) is 3. The number of rotatable bonds is 5. The lowest BCUT2D eigenvalue weighted by Gasteiger charge is -2.10. The molecule has 7 nitrogen and oxygen atoms in total. The van der Waals surface area contributed by atoms with E-state index in [-0.39, 0.29) is 18.0 Å². The summed E-state index contributed by atoms with van der Waals surface area (Å²) >= 11 is 0. The molecule has 0 aliphatic rings. The SMILES string of the molecule is CC(C)NC(=O)NCCNC(=O)c1cnc2ncccc2c1. The summed E-state index contributed by atoms with van der Waals surface area (Å²) < 4.78 is 0. The highest BCUT2D eigenvalue weighted by Crippen LogP contribution is 2.09. The van der Waals surface area contributed by atoms with Crippen LogP contribution >= 0.6 is 0 Å². The summed E-state index contributed by atoms with van der Waals surface area (Å²) in [5.41, 5.74) is 1.07. The minimum atomic E-state index is -0.248. The second-order valence-electron chi connectivity index (χ2n) is 5.08. The van der Waals surface area contributed by atoms with Crippen LogP contribution in [0.2, 0.25) is 0 Å². The van der Waals surface area contributed by atoms with Gasteiger partial charge in [-0.1, -0.05) is 0 Å². The Kier molecular flexibility index (Phi) is 5.24. The molecule has 2 aromatic rings. The molecule has 0 fully saturated rings. The van der Waals surface area contributed by atoms with Gasteiger partial charge in [-0.2, -0.15) is 0 Å². The first-order valence-electron chi connectivity index (χ1n) is 7.09. The molecule has 116 valence electrons. The molecule has 3 amide bonds. The first kappa shape index (κ1) is 15.7. The molecule has 2 heterocycles. The van der Waals surface area contributed by atoms with Crippen molar-refractivity contribution in [3.8, 4) is 0 Å². The zero-order valence-corrected chi connectivity index (χ0v) is 12.6. The molecular weight excluding hydrogens is 282 g/mol. The number of hydrogen-bond donors (Lipinski definition) is 3.